The monoisotopic (exact) mass is 556 g/mol. The van der Waals surface area contributed by atoms with Crippen LogP contribution in [0.25, 0.3) is 0 Å². The van der Waals surface area contributed by atoms with Crippen molar-refractivity contribution in [3.63, 3.8) is 0 Å². The molecule has 0 fully saturated rings. The zero-order chi connectivity index (χ0) is 28.6. The third kappa shape index (κ3) is 17.2. The Balaban J connectivity index is 4.23. The lowest BCUT2D eigenvalue weighted by Gasteiger charge is -2.60. The maximum atomic E-state index is 11.9. The lowest BCUT2D eigenvalue weighted by molar-refractivity contribution is -0.915. The number of likely N-dealkylation sites (N-methyl/N-ethyl adjacent to an activating group) is 1. The predicted molar refractivity (Wildman–Crippen MR) is 176 cm³/mol. The molecule has 230 valence electrons. The maximum Gasteiger partial charge on any atom is 0.0904 e. The number of aliphatic hydroxyl groups is 1. The Labute approximate surface area is 244 Å². The van der Waals surface area contributed by atoms with Gasteiger partial charge in [-0.2, -0.15) is 0 Å². The molecule has 0 aromatic rings. The average Bonchev–Trinajstić information content (AvgIpc) is 2.88. The second-order valence-corrected chi connectivity index (χ2v) is 14.4. The molecule has 0 saturated carbocycles. The summed E-state index contributed by atoms with van der Waals surface area (Å²) in [5.41, 5.74) is -0.654. The van der Waals surface area contributed by atoms with Gasteiger partial charge in [-0.15, -0.1) is 0 Å². The highest BCUT2D eigenvalue weighted by Gasteiger charge is 2.47. The summed E-state index contributed by atoms with van der Waals surface area (Å²) in [6.07, 6.45) is 35.7. The fraction of sp³-hybridized carbons (Fsp3) is 1.00. The summed E-state index contributed by atoms with van der Waals surface area (Å²) in [6, 6.07) is 0. The molecule has 0 aromatic heterocycles. The van der Waals surface area contributed by atoms with Gasteiger partial charge in [0.05, 0.1) is 26.7 Å². The molecule has 2 atom stereocenters. The Morgan fingerprint density at radius 2 is 0.711 bits per heavy atom. The lowest BCUT2D eigenvalue weighted by Crippen LogP contribution is -2.66. The standard InChI is InChI=1S/C35H74NOP/c1-7-10-12-14-16-18-20-22-24-26-28-30-32-34(37,9-3)35(38,36(4,5)6)33-31-29-27-25-23-21-19-17-15-13-11-8-2/h37-38H,7-33H2,1-6H3. The smallest absolute Gasteiger partial charge is 0.0904 e. The van der Waals surface area contributed by atoms with Crippen LogP contribution >= 0.6 is 9.24 Å². The normalized spacial score (nSPS) is 15.5. The van der Waals surface area contributed by atoms with Crippen LogP contribution in [0.2, 0.25) is 0 Å². The van der Waals surface area contributed by atoms with Gasteiger partial charge in [-0.25, -0.2) is 0 Å². The van der Waals surface area contributed by atoms with Crippen LogP contribution in [-0.4, -0.2) is 41.6 Å². The van der Waals surface area contributed by atoms with Gasteiger partial charge in [-0.3, -0.25) is 0 Å². The first-order valence-electron chi connectivity index (χ1n) is 17.5. The highest BCUT2D eigenvalue weighted by Crippen LogP contribution is 2.46. The van der Waals surface area contributed by atoms with Crippen LogP contribution in [0.3, 0.4) is 0 Å². The highest BCUT2D eigenvalue weighted by molar-refractivity contribution is 7.18. The molecule has 0 saturated heterocycles. The van der Waals surface area contributed by atoms with E-state index in [4.69, 9.17) is 0 Å². The summed E-state index contributed by atoms with van der Waals surface area (Å²) in [5.74, 6) is 0. The van der Waals surface area contributed by atoms with Crippen LogP contribution in [0.1, 0.15) is 194 Å². The summed E-state index contributed by atoms with van der Waals surface area (Å²) >= 11 is 0. The van der Waals surface area contributed by atoms with E-state index in [9.17, 15) is 5.11 Å². The van der Waals surface area contributed by atoms with E-state index in [-0.39, 0.29) is 5.28 Å². The first-order chi connectivity index (χ1) is 18.2. The number of hydrogen-bond acceptors (Lipinski definition) is 1. The van der Waals surface area contributed by atoms with Crippen LogP contribution in [0.15, 0.2) is 0 Å². The molecular formula is C35H74NOP. The molecule has 0 heterocycles. The number of hydrogen-bond donors (Lipinski definition) is 1. The number of quaternary nitrogens is 1. The molecule has 0 amide bonds. The first kappa shape index (κ1) is 38.4. The second kappa shape index (κ2) is 24.0. The van der Waals surface area contributed by atoms with E-state index >= 15 is 0 Å². The molecule has 2 unspecified atom stereocenters. The van der Waals surface area contributed by atoms with Gasteiger partial charge < -0.3 is 18.8 Å². The number of unbranched alkanes of at least 4 members (excludes halogenated alkanes) is 22. The molecular weight excluding hydrogens is 481 g/mol. The van der Waals surface area contributed by atoms with Gasteiger partial charge >= 0.3 is 0 Å². The SMILES string of the molecule is CCCCCCCCCCCCCCC(O)(CC)C([PH-])(CCCCCCCCCCCCCC)[N+](C)(C)C. The van der Waals surface area contributed by atoms with Crippen molar-refractivity contribution in [3.05, 3.63) is 0 Å². The fourth-order valence-electron chi connectivity index (χ4n) is 6.35. The molecule has 0 spiro atoms. The van der Waals surface area contributed by atoms with Crippen molar-refractivity contribution in [2.45, 2.75) is 205 Å². The van der Waals surface area contributed by atoms with Crippen LogP contribution in [0, 0.1) is 0 Å². The Morgan fingerprint density at radius 3 is 0.974 bits per heavy atom. The van der Waals surface area contributed by atoms with Crippen molar-refractivity contribution < 1.29 is 9.59 Å². The van der Waals surface area contributed by atoms with Crippen molar-refractivity contribution >= 4 is 9.24 Å². The van der Waals surface area contributed by atoms with Gasteiger partial charge in [-0.05, 0) is 31.0 Å². The van der Waals surface area contributed by atoms with Crippen molar-refractivity contribution in [2.75, 3.05) is 21.1 Å². The van der Waals surface area contributed by atoms with E-state index in [1.54, 1.807) is 0 Å². The third-order valence-corrected chi connectivity index (χ3v) is 10.7. The van der Waals surface area contributed by atoms with E-state index in [0.717, 1.165) is 30.2 Å². The lowest BCUT2D eigenvalue weighted by atomic mass is 9.80. The van der Waals surface area contributed by atoms with Crippen molar-refractivity contribution in [1.29, 1.82) is 0 Å². The van der Waals surface area contributed by atoms with Gasteiger partial charge in [0, 0.05) is 0 Å². The predicted octanol–water partition coefficient (Wildman–Crippen LogP) is 11.9. The average molecular weight is 556 g/mol. The molecule has 0 aliphatic rings. The Kier molecular flexibility index (Phi) is 24.2. The Bertz CT molecular complexity index is 505. The minimum atomic E-state index is -0.654. The Hall–Kier alpha value is 0.350. The molecule has 0 bridgehead atoms. The largest absolute Gasteiger partial charge is 0.486 e. The van der Waals surface area contributed by atoms with E-state index in [1.165, 1.54) is 148 Å². The summed E-state index contributed by atoms with van der Waals surface area (Å²) in [7, 11) is 11.0. The molecule has 0 aliphatic heterocycles. The van der Waals surface area contributed by atoms with Gasteiger partial charge in [-0.1, -0.05) is 168 Å². The number of nitrogens with zero attached hydrogens (tertiary/aromatic N) is 1. The van der Waals surface area contributed by atoms with Gasteiger partial charge in [0.15, 0.2) is 0 Å². The van der Waals surface area contributed by atoms with Crippen LogP contribution < -0.4 is 0 Å². The van der Waals surface area contributed by atoms with Crippen molar-refractivity contribution in [3.8, 4) is 0 Å². The quantitative estimate of drug-likeness (QED) is 0.0553. The topological polar surface area (TPSA) is 20.2 Å². The summed E-state index contributed by atoms with van der Waals surface area (Å²) in [6.45, 7) is 6.78. The minimum absolute atomic E-state index is 0.280. The van der Waals surface area contributed by atoms with Crippen LogP contribution in [0.5, 0.6) is 0 Å². The molecule has 0 aliphatic carbocycles. The number of rotatable bonds is 29. The van der Waals surface area contributed by atoms with Gasteiger partial charge in [0.25, 0.3) is 0 Å². The third-order valence-electron chi connectivity index (χ3n) is 9.34. The highest BCUT2D eigenvalue weighted by atomic mass is 31.0. The van der Waals surface area contributed by atoms with Crippen molar-refractivity contribution in [1.82, 2.24) is 0 Å². The van der Waals surface area contributed by atoms with E-state index in [2.05, 4.69) is 51.2 Å². The van der Waals surface area contributed by atoms with Crippen LogP contribution in [-0.2, 0) is 0 Å². The molecule has 0 aromatic carbocycles. The van der Waals surface area contributed by atoms with Gasteiger partial charge in [0.2, 0.25) is 0 Å². The second-order valence-electron chi connectivity index (χ2n) is 13.5. The molecule has 38 heavy (non-hydrogen) atoms. The Morgan fingerprint density at radius 1 is 0.447 bits per heavy atom. The molecule has 0 rings (SSSR count). The van der Waals surface area contributed by atoms with E-state index < -0.39 is 5.60 Å². The first-order valence-corrected chi connectivity index (χ1v) is 18.0. The summed E-state index contributed by atoms with van der Waals surface area (Å²) < 4.78 is 0.768. The molecule has 1 N–H and O–H groups in total. The van der Waals surface area contributed by atoms with Gasteiger partial charge in [0.1, 0.15) is 0 Å². The zero-order valence-corrected chi connectivity index (χ0v) is 28.5. The molecule has 3 heteroatoms. The molecule has 2 nitrogen and oxygen atoms in total. The van der Waals surface area contributed by atoms with Crippen LogP contribution in [0.4, 0.5) is 0 Å². The molecule has 0 radical (unpaired) electrons. The fourth-order valence-corrected chi connectivity index (χ4v) is 6.83. The summed E-state index contributed by atoms with van der Waals surface area (Å²) in [5, 5.41) is 11.7. The van der Waals surface area contributed by atoms with E-state index in [1.807, 2.05) is 0 Å². The summed E-state index contributed by atoms with van der Waals surface area (Å²) in [4.78, 5) is 0. The maximum absolute atomic E-state index is 11.9. The van der Waals surface area contributed by atoms with Crippen molar-refractivity contribution in [2.24, 2.45) is 0 Å². The zero-order valence-electron chi connectivity index (χ0n) is 27.5. The minimum Gasteiger partial charge on any atom is -0.486 e. The van der Waals surface area contributed by atoms with E-state index in [0.29, 0.717) is 0 Å².